The Morgan fingerprint density at radius 2 is 1.72 bits per heavy atom. The second-order valence-electron chi connectivity index (χ2n) is 6.43. The molecule has 1 aliphatic heterocycles. The third kappa shape index (κ3) is 4.28. The molecule has 1 aliphatic rings. The number of para-hydroxylation sites is 1. The highest BCUT2D eigenvalue weighted by Crippen LogP contribution is 2.31. The molecule has 0 unspecified atom stereocenters. The molecule has 0 saturated heterocycles. The van der Waals surface area contributed by atoms with E-state index in [-0.39, 0.29) is 5.97 Å². The number of nitrogens with zero attached hydrogens (tertiary/aromatic N) is 1. The Labute approximate surface area is 168 Å². The number of carbonyl (C=O) groups is 1. The van der Waals surface area contributed by atoms with Crippen molar-refractivity contribution in [3.8, 4) is 5.75 Å². The zero-order chi connectivity index (χ0) is 20.1. The molecule has 0 aromatic heterocycles. The van der Waals surface area contributed by atoms with Crippen LogP contribution in [-0.4, -0.2) is 18.9 Å². The van der Waals surface area contributed by atoms with E-state index in [1.807, 2.05) is 66.7 Å². The second kappa shape index (κ2) is 8.58. The number of esters is 1. The van der Waals surface area contributed by atoms with Gasteiger partial charge >= 0.3 is 5.97 Å². The third-order valence-corrected chi connectivity index (χ3v) is 4.52. The minimum Gasteiger partial charge on any atom is -0.488 e. The van der Waals surface area contributed by atoms with Crippen molar-refractivity contribution in [2.45, 2.75) is 12.8 Å². The van der Waals surface area contributed by atoms with Crippen molar-refractivity contribution in [1.82, 2.24) is 5.48 Å². The lowest BCUT2D eigenvalue weighted by Gasteiger charge is -2.14. The van der Waals surface area contributed by atoms with Crippen LogP contribution in [0.2, 0.25) is 0 Å². The summed E-state index contributed by atoms with van der Waals surface area (Å²) in [6.07, 6.45) is -0.497. The Morgan fingerprint density at radius 1 is 1.00 bits per heavy atom. The Hall–Kier alpha value is -3.64. The zero-order valence-electron chi connectivity index (χ0n) is 15.9. The van der Waals surface area contributed by atoms with Gasteiger partial charge in [0.1, 0.15) is 12.4 Å². The smallest absolute Gasteiger partial charge is 0.337 e. The molecule has 1 heterocycles. The van der Waals surface area contributed by atoms with Crippen molar-refractivity contribution in [3.63, 3.8) is 0 Å². The van der Waals surface area contributed by atoms with Crippen molar-refractivity contribution >= 4 is 11.8 Å². The largest absolute Gasteiger partial charge is 0.488 e. The van der Waals surface area contributed by atoms with Gasteiger partial charge in [-0.3, -0.25) is 0 Å². The van der Waals surface area contributed by atoms with E-state index in [0.717, 1.165) is 16.7 Å². The van der Waals surface area contributed by atoms with Gasteiger partial charge in [-0.15, -0.1) is 0 Å². The van der Waals surface area contributed by atoms with Crippen LogP contribution in [0.25, 0.3) is 0 Å². The van der Waals surface area contributed by atoms with E-state index in [9.17, 15) is 4.79 Å². The average Bonchev–Trinajstić information content (AvgIpc) is 3.28. The molecule has 0 saturated carbocycles. The van der Waals surface area contributed by atoms with Gasteiger partial charge in [-0.25, -0.2) is 20.1 Å². The molecule has 3 aromatic rings. The predicted octanol–water partition coefficient (Wildman–Crippen LogP) is 4.03. The minimum absolute atomic E-state index is 0.355. The highest BCUT2D eigenvalue weighted by molar-refractivity contribution is 5.98. The molecule has 0 radical (unpaired) electrons. The number of hydroxylamine groups is 1. The normalized spacial score (nSPS) is 15.3. The number of benzene rings is 3. The highest BCUT2D eigenvalue weighted by Gasteiger charge is 2.23. The third-order valence-electron chi connectivity index (χ3n) is 4.52. The number of nitrogens with one attached hydrogen (secondary N) is 1. The van der Waals surface area contributed by atoms with Gasteiger partial charge < -0.3 is 9.47 Å². The first kappa shape index (κ1) is 18.7. The van der Waals surface area contributed by atoms with Crippen molar-refractivity contribution in [3.05, 3.63) is 101 Å². The van der Waals surface area contributed by atoms with Gasteiger partial charge in [0.2, 0.25) is 6.23 Å². The van der Waals surface area contributed by atoms with Crippen LogP contribution < -0.4 is 10.2 Å². The van der Waals surface area contributed by atoms with Crippen LogP contribution in [0.15, 0.2) is 83.9 Å². The van der Waals surface area contributed by atoms with Gasteiger partial charge in [-0.05, 0) is 23.8 Å². The molecule has 6 heteroatoms. The van der Waals surface area contributed by atoms with Crippen molar-refractivity contribution in [1.29, 1.82) is 0 Å². The maximum absolute atomic E-state index is 11.5. The number of carbonyl (C=O) groups excluding carboxylic acids is 1. The molecule has 146 valence electrons. The van der Waals surface area contributed by atoms with Gasteiger partial charge in [0.25, 0.3) is 0 Å². The lowest BCUT2D eigenvalue weighted by molar-refractivity contribution is 0.0357. The van der Waals surface area contributed by atoms with Gasteiger partial charge in [-0.1, -0.05) is 60.7 Å². The van der Waals surface area contributed by atoms with E-state index in [4.69, 9.17) is 14.3 Å². The SMILES string of the molecule is COC(=O)c1ccc(COc2ccccc2[C@H]2N=C(c3ccccc3)NO2)cc1. The summed E-state index contributed by atoms with van der Waals surface area (Å²) in [4.78, 5) is 21.8. The van der Waals surface area contributed by atoms with Crippen molar-refractivity contribution in [2.75, 3.05) is 7.11 Å². The molecule has 0 aliphatic carbocycles. The Balaban J connectivity index is 1.48. The van der Waals surface area contributed by atoms with E-state index in [2.05, 4.69) is 10.5 Å². The first-order valence-electron chi connectivity index (χ1n) is 9.18. The van der Waals surface area contributed by atoms with Crippen LogP contribution in [-0.2, 0) is 16.2 Å². The predicted molar refractivity (Wildman–Crippen MR) is 108 cm³/mol. The summed E-state index contributed by atoms with van der Waals surface area (Å²) < 4.78 is 10.7. The number of methoxy groups -OCH3 is 1. The fraction of sp³-hybridized carbons (Fsp3) is 0.130. The molecular formula is C23H20N2O4. The quantitative estimate of drug-likeness (QED) is 0.646. The average molecular weight is 388 g/mol. The van der Waals surface area contributed by atoms with E-state index in [0.29, 0.717) is 23.8 Å². The molecule has 1 atom stereocenters. The summed E-state index contributed by atoms with van der Waals surface area (Å²) >= 11 is 0. The van der Waals surface area contributed by atoms with Crippen LogP contribution in [0, 0.1) is 0 Å². The molecule has 1 N–H and O–H groups in total. The fourth-order valence-corrected chi connectivity index (χ4v) is 2.98. The second-order valence-corrected chi connectivity index (χ2v) is 6.43. The maximum Gasteiger partial charge on any atom is 0.337 e. The van der Waals surface area contributed by atoms with Gasteiger partial charge in [0, 0.05) is 11.1 Å². The van der Waals surface area contributed by atoms with Crippen LogP contribution in [0.4, 0.5) is 0 Å². The van der Waals surface area contributed by atoms with Gasteiger partial charge in [-0.2, -0.15) is 0 Å². The first-order valence-corrected chi connectivity index (χ1v) is 9.18. The van der Waals surface area contributed by atoms with E-state index in [1.54, 1.807) is 12.1 Å². The number of hydrogen-bond acceptors (Lipinski definition) is 6. The van der Waals surface area contributed by atoms with E-state index in [1.165, 1.54) is 7.11 Å². The highest BCUT2D eigenvalue weighted by atomic mass is 16.7. The number of amidine groups is 1. The Kier molecular flexibility index (Phi) is 5.54. The summed E-state index contributed by atoms with van der Waals surface area (Å²) in [5.41, 5.74) is 6.12. The van der Waals surface area contributed by atoms with Crippen molar-refractivity contribution < 1.29 is 19.1 Å². The molecule has 3 aromatic carbocycles. The zero-order valence-corrected chi connectivity index (χ0v) is 15.9. The molecular weight excluding hydrogens is 368 g/mol. The summed E-state index contributed by atoms with van der Waals surface area (Å²) in [6.45, 7) is 0.355. The molecule has 0 amide bonds. The monoisotopic (exact) mass is 388 g/mol. The maximum atomic E-state index is 11.5. The van der Waals surface area contributed by atoms with Gasteiger partial charge in [0.05, 0.1) is 12.7 Å². The number of aliphatic imine (C=N–C) groups is 1. The Bertz CT molecular complexity index is 1020. The topological polar surface area (TPSA) is 69.2 Å². The molecule has 0 fully saturated rings. The summed E-state index contributed by atoms with van der Waals surface area (Å²) in [5, 5.41) is 0. The standard InChI is InChI=1S/C23H20N2O4/c1-27-23(26)18-13-11-16(12-14-18)15-28-20-10-6-5-9-19(20)22-24-21(25-29-22)17-7-3-2-4-8-17/h2-14,22H,15H2,1H3,(H,24,25)/t22-/m0/s1. The lowest BCUT2D eigenvalue weighted by Crippen LogP contribution is -2.17. The molecule has 4 rings (SSSR count). The summed E-state index contributed by atoms with van der Waals surface area (Å²) in [6, 6.07) is 24.6. The summed E-state index contributed by atoms with van der Waals surface area (Å²) in [5.74, 6) is 1.01. The first-order chi connectivity index (χ1) is 14.2. The van der Waals surface area contributed by atoms with E-state index >= 15 is 0 Å². The van der Waals surface area contributed by atoms with Crippen LogP contribution in [0.5, 0.6) is 5.75 Å². The van der Waals surface area contributed by atoms with Gasteiger partial charge in [0.15, 0.2) is 5.84 Å². The molecule has 0 bridgehead atoms. The molecule has 6 nitrogen and oxygen atoms in total. The number of rotatable bonds is 6. The Morgan fingerprint density at radius 3 is 2.48 bits per heavy atom. The molecule has 29 heavy (non-hydrogen) atoms. The minimum atomic E-state index is -0.497. The molecule has 0 spiro atoms. The summed E-state index contributed by atoms with van der Waals surface area (Å²) in [7, 11) is 1.36. The fourth-order valence-electron chi connectivity index (χ4n) is 2.98. The van der Waals surface area contributed by atoms with Crippen LogP contribution >= 0.6 is 0 Å². The van der Waals surface area contributed by atoms with Crippen LogP contribution in [0.3, 0.4) is 0 Å². The lowest BCUT2D eigenvalue weighted by atomic mass is 10.1. The number of hydrogen-bond donors (Lipinski definition) is 1. The van der Waals surface area contributed by atoms with Crippen LogP contribution in [0.1, 0.15) is 33.3 Å². The number of ether oxygens (including phenoxy) is 2. The van der Waals surface area contributed by atoms with E-state index < -0.39 is 6.23 Å². The van der Waals surface area contributed by atoms with Crippen molar-refractivity contribution in [2.24, 2.45) is 4.99 Å².